The maximum Gasteiger partial charge on any atom is 0.347 e. The number of ether oxygens (including phenoxy) is 1. The first-order chi connectivity index (χ1) is 16.1. The average Bonchev–Trinajstić information content (AvgIpc) is 2.81. The molecule has 3 N–H and O–H groups in total. The van der Waals surface area contributed by atoms with Crippen LogP contribution >= 0.6 is 0 Å². The topological polar surface area (TPSA) is 96.1 Å². The minimum Gasteiger partial charge on any atom is -0.478 e. The summed E-state index contributed by atoms with van der Waals surface area (Å²) >= 11 is 0. The molecule has 2 amide bonds. The molecule has 2 aromatic carbocycles. The van der Waals surface area contributed by atoms with E-state index in [9.17, 15) is 14.7 Å². The third-order valence-electron chi connectivity index (χ3n) is 5.53. The number of carboxylic acid groups (broad SMARTS) is 1. The highest BCUT2D eigenvalue weighted by Crippen LogP contribution is 2.21. The highest BCUT2D eigenvalue weighted by molar-refractivity contribution is 5.77. The van der Waals surface area contributed by atoms with Crippen molar-refractivity contribution >= 4 is 12.0 Å². The Morgan fingerprint density at radius 3 is 2.21 bits per heavy atom. The zero-order valence-electron chi connectivity index (χ0n) is 20.5. The standard InChI is InChI=1S/C27H37N3O4/c1-5-19-29(26(33)30(28)20-9-12-22-10-7-6-8-11-22)21(2)13-14-23-15-17-24(18-16-23)34-27(3,4)25(31)32/h6-8,10-11,15-18H,2,5,9,12-14,19-20,28H2,1,3-4H3,(H,31,32). The van der Waals surface area contributed by atoms with Gasteiger partial charge >= 0.3 is 12.0 Å². The summed E-state index contributed by atoms with van der Waals surface area (Å²) in [7, 11) is 0. The minimum absolute atomic E-state index is 0.237. The Labute approximate surface area is 202 Å². The monoisotopic (exact) mass is 467 g/mol. The molecule has 0 fully saturated rings. The molecule has 0 aliphatic carbocycles. The lowest BCUT2D eigenvalue weighted by atomic mass is 10.1. The lowest BCUT2D eigenvalue weighted by Crippen LogP contribution is -2.47. The molecule has 2 aromatic rings. The summed E-state index contributed by atoms with van der Waals surface area (Å²) in [4.78, 5) is 25.9. The Kier molecular flexibility index (Phi) is 10.1. The third kappa shape index (κ3) is 8.23. The number of nitrogens with zero attached hydrogens (tertiary/aromatic N) is 2. The number of hydrogen-bond acceptors (Lipinski definition) is 4. The zero-order chi connectivity index (χ0) is 25.1. The van der Waals surface area contributed by atoms with Crippen LogP contribution < -0.4 is 10.6 Å². The number of allylic oxidation sites excluding steroid dienone is 1. The molecule has 0 saturated heterocycles. The summed E-state index contributed by atoms with van der Waals surface area (Å²) in [5, 5.41) is 10.5. The molecule has 0 aliphatic heterocycles. The van der Waals surface area contributed by atoms with E-state index in [2.05, 4.69) is 18.7 Å². The maximum absolute atomic E-state index is 13.0. The van der Waals surface area contributed by atoms with E-state index in [-0.39, 0.29) is 6.03 Å². The summed E-state index contributed by atoms with van der Waals surface area (Å²) in [5.41, 5.74) is 1.68. The Morgan fingerprint density at radius 2 is 1.62 bits per heavy atom. The Hall–Kier alpha value is -3.32. The van der Waals surface area contributed by atoms with E-state index in [0.29, 0.717) is 31.7 Å². The predicted octanol–water partition coefficient (Wildman–Crippen LogP) is 5.02. The molecule has 0 bridgehead atoms. The van der Waals surface area contributed by atoms with Crippen molar-refractivity contribution in [2.75, 3.05) is 13.1 Å². The highest BCUT2D eigenvalue weighted by Gasteiger charge is 2.29. The van der Waals surface area contributed by atoms with Crippen LogP contribution in [-0.4, -0.2) is 45.7 Å². The number of aryl methyl sites for hydroxylation is 2. The van der Waals surface area contributed by atoms with E-state index in [1.807, 2.05) is 37.3 Å². The molecule has 184 valence electrons. The van der Waals surface area contributed by atoms with Gasteiger partial charge in [0.1, 0.15) is 5.75 Å². The van der Waals surface area contributed by atoms with Gasteiger partial charge in [0.25, 0.3) is 0 Å². The second-order valence-corrected chi connectivity index (χ2v) is 8.84. The van der Waals surface area contributed by atoms with Crippen LogP contribution in [0.3, 0.4) is 0 Å². The molecule has 0 saturated carbocycles. The van der Waals surface area contributed by atoms with E-state index in [1.165, 1.54) is 24.4 Å². The van der Waals surface area contributed by atoms with Crippen molar-refractivity contribution in [3.05, 3.63) is 78.0 Å². The first-order valence-corrected chi connectivity index (χ1v) is 11.7. The van der Waals surface area contributed by atoms with Gasteiger partial charge < -0.3 is 9.84 Å². The Bertz CT molecular complexity index is 942. The number of hydrazine groups is 1. The Morgan fingerprint density at radius 1 is 1.00 bits per heavy atom. The predicted molar refractivity (Wildman–Crippen MR) is 134 cm³/mol. The van der Waals surface area contributed by atoms with E-state index in [1.54, 1.807) is 17.0 Å². The number of amides is 2. The van der Waals surface area contributed by atoms with Gasteiger partial charge in [0, 0.05) is 18.8 Å². The molecule has 0 radical (unpaired) electrons. The van der Waals surface area contributed by atoms with Crippen LogP contribution in [0.5, 0.6) is 5.75 Å². The van der Waals surface area contributed by atoms with Gasteiger partial charge in [0.05, 0.1) is 0 Å². The van der Waals surface area contributed by atoms with E-state index < -0.39 is 11.6 Å². The molecular formula is C27H37N3O4. The number of rotatable bonds is 13. The van der Waals surface area contributed by atoms with Crippen molar-refractivity contribution in [2.24, 2.45) is 5.84 Å². The molecule has 0 spiro atoms. The molecule has 0 unspecified atom stereocenters. The summed E-state index contributed by atoms with van der Waals surface area (Å²) in [6, 6.07) is 17.2. The van der Waals surface area contributed by atoms with E-state index >= 15 is 0 Å². The van der Waals surface area contributed by atoms with Crippen molar-refractivity contribution in [2.45, 2.75) is 58.5 Å². The number of nitrogens with two attached hydrogens (primary N) is 1. The lowest BCUT2D eigenvalue weighted by Gasteiger charge is -2.29. The summed E-state index contributed by atoms with van der Waals surface area (Å²) in [6.45, 7) is 10.2. The van der Waals surface area contributed by atoms with Crippen LogP contribution in [-0.2, 0) is 17.6 Å². The fourth-order valence-electron chi connectivity index (χ4n) is 3.45. The molecule has 7 nitrogen and oxygen atoms in total. The third-order valence-corrected chi connectivity index (χ3v) is 5.53. The van der Waals surface area contributed by atoms with Gasteiger partial charge in [-0.05, 0) is 69.2 Å². The van der Waals surface area contributed by atoms with Crippen LogP contribution in [0.1, 0.15) is 51.2 Å². The van der Waals surface area contributed by atoms with Crippen LogP contribution in [0.4, 0.5) is 4.79 Å². The number of hydrogen-bond donors (Lipinski definition) is 2. The quantitative estimate of drug-likeness (QED) is 0.245. The van der Waals surface area contributed by atoms with Crippen LogP contribution in [0.25, 0.3) is 0 Å². The molecular weight excluding hydrogens is 430 g/mol. The fourth-order valence-corrected chi connectivity index (χ4v) is 3.45. The zero-order valence-corrected chi connectivity index (χ0v) is 20.5. The number of carbonyl (C=O) groups is 2. The molecule has 34 heavy (non-hydrogen) atoms. The largest absolute Gasteiger partial charge is 0.478 e. The Balaban J connectivity index is 1.88. The summed E-state index contributed by atoms with van der Waals surface area (Å²) < 4.78 is 5.54. The highest BCUT2D eigenvalue weighted by atomic mass is 16.5. The van der Waals surface area contributed by atoms with Gasteiger partial charge in [0.15, 0.2) is 5.60 Å². The van der Waals surface area contributed by atoms with Gasteiger partial charge in [-0.1, -0.05) is 56.0 Å². The van der Waals surface area contributed by atoms with Crippen molar-refractivity contribution < 1.29 is 19.4 Å². The number of urea groups is 1. The number of carboxylic acids is 1. The lowest BCUT2D eigenvalue weighted by molar-refractivity contribution is -0.152. The SMILES string of the molecule is C=C(CCc1ccc(OC(C)(C)C(=O)O)cc1)N(CCC)C(=O)N(N)CCCc1ccccc1. The number of carbonyl (C=O) groups excluding carboxylic acids is 1. The number of benzene rings is 2. The van der Waals surface area contributed by atoms with Gasteiger partial charge in [-0.2, -0.15) is 0 Å². The van der Waals surface area contributed by atoms with Crippen LogP contribution in [0, 0.1) is 0 Å². The normalized spacial score (nSPS) is 11.1. The van der Waals surface area contributed by atoms with Gasteiger partial charge in [-0.3, -0.25) is 9.91 Å². The molecule has 2 rings (SSSR count). The minimum atomic E-state index is -1.30. The molecule has 0 heterocycles. The van der Waals surface area contributed by atoms with Crippen molar-refractivity contribution in [1.82, 2.24) is 9.91 Å². The summed E-state index contributed by atoms with van der Waals surface area (Å²) in [6.07, 6.45) is 3.73. The molecule has 0 aliphatic rings. The first kappa shape index (κ1) is 26.9. The number of aliphatic carboxylic acids is 1. The second-order valence-electron chi connectivity index (χ2n) is 8.84. The van der Waals surface area contributed by atoms with Crippen molar-refractivity contribution in [3.63, 3.8) is 0 Å². The van der Waals surface area contributed by atoms with E-state index in [4.69, 9.17) is 10.6 Å². The smallest absolute Gasteiger partial charge is 0.347 e. The second kappa shape index (κ2) is 12.8. The maximum atomic E-state index is 13.0. The molecule has 7 heteroatoms. The van der Waals surface area contributed by atoms with Gasteiger partial charge in [0.2, 0.25) is 0 Å². The van der Waals surface area contributed by atoms with Gasteiger partial charge in [-0.25, -0.2) is 15.4 Å². The fraction of sp³-hybridized carbons (Fsp3) is 0.407. The van der Waals surface area contributed by atoms with Crippen molar-refractivity contribution in [3.8, 4) is 5.75 Å². The van der Waals surface area contributed by atoms with Crippen LogP contribution in [0.15, 0.2) is 66.9 Å². The molecule has 0 aromatic heterocycles. The first-order valence-electron chi connectivity index (χ1n) is 11.7. The summed E-state index contributed by atoms with van der Waals surface area (Å²) in [5.74, 6) is 5.56. The van der Waals surface area contributed by atoms with Crippen LogP contribution in [0.2, 0.25) is 0 Å². The van der Waals surface area contributed by atoms with Crippen molar-refractivity contribution in [1.29, 1.82) is 0 Å². The molecule has 0 atom stereocenters. The van der Waals surface area contributed by atoms with Gasteiger partial charge in [-0.15, -0.1) is 0 Å². The average molecular weight is 468 g/mol. The van der Waals surface area contributed by atoms with E-state index in [0.717, 1.165) is 30.5 Å².